The smallest absolute Gasteiger partial charge is 0.316 e. The van der Waals surface area contributed by atoms with Gasteiger partial charge in [-0.25, -0.2) is 9.97 Å². The minimum Gasteiger partial charge on any atom is -0.468 e. The molecule has 0 amide bonds. The van der Waals surface area contributed by atoms with Crippen LogP contribution in [0.4, 0.5) is 0 Å². The van der Waals surface area contributed by atoms with Crippen molar-refractivity contribution in [2.24, 2.45) is 0 Å². The van der Waals surface area contributed by atoms with E-state index in [2.05, 4.69) is 20.0 Å². The van der Waals surface area contributed by atoms with Crippen LogP contribution in [0.25, 0.3) is 0 Å². The van der Waals surface area contributed by atoms with E-state index >= 15 is 0 Å². The molecule has 0 spiro atoms. The lowest BCUT2D eigenvalue weighted by Crippen LogP contribution is -2.39. The molecule has 0 saturated heterocycles. The molecular formula is C17H19N5O2. The van der Waals surface area contributed by atoms with E-state index in [0.29, 0.717) is 12.6 Å². The fraction of sp³-hybridized carbons (Fsp3) is 0.353. The van der Waals surface area contributed by atoms with Crippen LogP contribution in [0.3, 0.4) is 0 Å². The number of aromatic nitrogens is 4. The van der Waals surface area contributed by atoms with Crippen molar-refractivity contribution in [2.45, 2.75) is 26.1 Å². The maximum atomic E-state index is 5.80. The topological polar surface area (TPSA) is 69.2 Å². The van der Waals surface area contributed by atoms with Crippen LogP contribution < -0.4 is 4.74 Å². The first kappa shape index (κ1) is 14.9. The van der Waals surface area contributed by atoms with Crippen LogP contribution in [0.15, 0.2) is 47.3 Å². The zero-order chi connectivity index (χ0) is 16.4. The van der Waals surface area contributed by atoms with E-state index in [-0.39, 0.29) is 6.04 Å². The number of ether oxygens (including phenoxy) is 1. The zero-order valence-corrected chi connectivity index (χ0v) is 13.5. The highest BCUT2D eigenvalue weighted by Gasteiger charge is 2.26. The van der Waals surface area contributed by atoms with Crippen LogP contribution in [-0.2, 0) is 13.1 Å². The molecule has 3 aromatic rings. The summed E-state index contributed by atoms with van der Waals surface area (Å²) in [7, 11) is 0. The van der Waals surface area contributed by atoms with Gasteiger partial charge in [-0.2, -0.15) is 5.10 Å². The van der Waals surface area contributed by atoms with Crippen molar-refractivity contribution in [3.63, 3.8) is 0 Å². The summed E-state index contributed by atoms with van der Waals surface area (Å²) in [5.41, 5.74) is 2.06. The van der Waals surface area contributed by atoms with Gasteiger partial charge in [0.1, 0.15) is 12.4 Å². The Morgan fingerprint density at radius 1 is 1.29 bits per heavy atom. The molecule has 4 rings (SSSR count). The molecule has 1 unspecified atom stereocenters. The molecule has 4 heterocycles. The first-order valence-electron chi connectivity index (χ1n) is 7.97. The van der Waals surface area contributed by atoms with Crippen LogP contribution in [0, 0.1) is 6.92 Å². The molecule has 124 valence electrons. The van der Waals surface area contributed by atoms with Gasteiger partial charge in [-0.3, -0.25) is 9.58 Å². The van der Waals surface area contributed by atoms with Crippen LogP contribution in [0.2, 0.25) is 0 Å². The minimum absolute atomic E-state index is 0.114. The van der Waals surface area contributed by atoms with Gasteiger partial charge in [0.05, 0.1) is 24.5 Å². The molecule has 0 aliphatic carbocycles. The standard InChI is InChI=1S/C17H19N5O2/c1-13-4-6-18-17(20-13)24-12-15-10-21(11-16-3-2-8-23-16)9-14-5-7-19-22(14)15/h2-8,15H,9-12H2,1H3. The fourth-order valence-electron chi connectivity index (χ4n) is 3.00. The molecule has 3 aromatic heterocycles. The summed E-state index contributed by atoms with van der Waals surface area (Å²) in [6.45, 7) is 4.85. The number of hydrogen-bond donors (Lipinski definition) is 0. The van der Waals surface area contributed by atoms with E-state index in [1.165, 1.54) is 5.69 Å². The number of aryl methyl sites for hydroxylation is 1. The molecule has 0 aromatic carbocycles. The van der Waals surface area contributed by atoms with Crippen LogP contribution in [-0.4, -0.2) is 37.8 Å². The van der Waals surface area contributed by atoms with Gasteiger partial charge in [-0.1, -0.05) is 0 Å². The fourth-order valence-corrected chi connectivity index (χ4v) is 3.00. The summed E-state index contributed by atoms with van der Waals surface area (Å²) < 4.78 is 13.3. The lowest BCUT2D eigenvalue weighted by molar-refractivity contribution is 0.117. The molecule has 24 heavy (non-hydrogen) atoms. The molecule has 0 fully saturated rings. The van der Waals surface area contributed by atoms with Gasteiger partial charge < -0.3 is 9.15 Å². The molecular weight excluding hydrogens is 306 g/mol. The second-order valence-electron chi connectivity index (χ2n) is 5.96. The second-order valence-corrected chi connectivity index (χ2v) is 5.96. The maximum Gasteiger partial charge on any atom is 0.316 e. The molecule has 7 heteroatoms. The lowest BCUT2D eigenvalue weighted by atomic mass is 10.2. The van der Waals surface area contributed by atoms with Gasteiger partial charge in [-0.05, 0) is 31.2 Å². The van der Waals surface area contributed by atoms with Gasteiger partial charge in [0, 0.05) is 31.2 Å². The summed E-state index contributed by atoms with van der Waals surface area (Å²) >= 11 is 0. The number of hydrogen-bond acceptors (Lipinski definition) is 6. The molecule has 1 aliphatic rings. The highest BCUT2D eigenvalue weighted by molar-refractivity contribution is 5.08. The molecule has 1 atom stereocenters. The first-order valence-corrected chi connectivity index (χ1v) is 7.97. The summed E-state index contributed by atoms with van der Waals surface area (Å²) in [5.74, 6) is 0.963. The lowest BCUT2D eigenvalue weighted by Gasteiger charge is -2.33. The predicted octanol–water partition coefficient (Wildman–Crippen LogP) is 2.21. The molecule has 0 bridgehead atoms. The Kier molecular flexibility index (Phi) is 4.00. The third-order valence-corrected chi connectivity index (χ3v) is 4.09. The van der Waals surface area contributed by atoms with Crippen molar-refractivity contribution in [3.8, 4) is 6.01 Å². The van der Waals surface area contributed by atoms with E-state index in [1.54, 1.807) is 12.5 Å². The summed E-state index contributed by atoms with van der Waals surface area (Å²) in [6, 6.07) is 8.33. The largest absolute Gasteiger partial charge is 0.468 e. The van der Waals surface area contributed by atoms with E-state index < -0.39 is 0 Å². The van der Waals surface area contributed by atoms with Gasteiger partial charge in [0.2, 0.25) is 0 Å². The Labute approximate surface area is 139 Å². The van der Waals surface area contributed by atoms with E-state index in [0.717, 1.165) is 31.1 Å². The highest BCUT2D eigenvalue weighted by atomic mass is 16.5. The maximum absolute atomic E-state index is 5.80. The van der Waals surface area contributed by atoms with Gasteiger partial charge in [-0.15, -0.1) is 0 Å². The Balaban J connectivity index is 1.47. The second kappa shape index (κ2) is 6.45. The summed E-state index contributed by atoms with van der Waals surface area (Å²) in [5, 5.41) is 4.45. The average Bonchev–Trinajstić information content (AvgIpc) is 3.24. The van der Waals surface area contributed by atoms with Crippen LogP contribution in [0.5, 0.6) is 6.01 Å². The van der Waals surface area contributed by atoms with Gasteiger partial charge in [0.15, 0.2) is 0 Å². The Morgan fingerprint density at radius 2 is 2.25 bits per heavy atom. The number of fused-ring (bicyclic) bond motifs is 1. The number of rotatable bonds is 5. The Hall–Kier alpha value is -2.67. The van der Waals surface area contributed by atoms with Crippen LogP contribution in [0.1, 0.15) is 23.2 Å². The minimum atomic E-state index is 0.114. The quantitative estimate of drug-likeness (QED) is 0.716. The normalized spacial score (nSPS) is 17.6. The zero-order valence-electron chi connectivity index (χ0n) is 13.5. The number of furan rings is 1. The van der Waals surface area contributed by atoms with E-state index in [4.69, 9.17) is 9.15 Å². The SMILES string of the molecule is Cc1ccnc(OCC2CN(Cc3ccco3)Cc3ccnn32)n1. The third kappa shape index (κ3) is 3.16. The van der Waals surface area contributed by atoms with Crippen molar-refractivity contribution in [2.75, 3.05) is 13.2 Å². The first-order chi connectivity index (χ1) is 11.8. The van der Waals surface area contributed by atoms with Gasteiger partial charge in [0.25, 0.3) is 0 Å². The van der Waals surface area contributed by atoms with Crippen LogP contribution >= 0.6 is 0 Å². The summed E-state index contributed by atoms with van der Waals surface area (Å²) in [4.78, 5) is 10.8. The molecule has 1 aliphatic heterocycles. The Morgan fingerprint density at radius 3 is 3.08 bits per heavy atom. The third-order valence-electron chi connectivity index (χ3n) is 4.09. The van der Waals surface area contributed by atoms with Gasteiger partial charge >= 0.3 is 6.01 Å². The molecule has 0 saturated carbocycles. The van der Waals surface area contributed by atoms with Crippen molar-refractivity contribution in [3.05, 3.63) is 60.1 Å². The van der Waals surface area contributed by atoms with Crippen molar-refractivity contribution >= 4 is 0 Å². The monoisotopic (exact) mass is 325 g/mol. The number of nitrogens with zero attached hydrogens (tertiary/aromatic N) is 5. The molecule has 0 N–H and O–H groups in total. The highest BCUT2D eigenvalue weighted by Crippen LogP contribution is 2.22. The Bertz CT molecular complexity index is 799. The van der Waals surface area contributed by atoms with E-state index in [1.807, 2.05) is 42.1 Å². The summed E-state index contributed by atoms with van der Waals surface area (Å²) in [6.07, 6.45) is 5.25. The predicted molar refractivity (Wildman–Crippen MR) is 86.4 cm³/mol. The van der Waals surface area contributed by atoms with Crippen molar-refractivity contribution < 1.29 is 9.15 Å². The molecule has 7 nitrogen and oxygen atoms in total. The molecule has 0 radical (unpaired) electrons. The average molecular weight is 325 g/mol. The van der Waals surface area contributed by atoms with E-state index in [9.17, 15) is 0 Å². The van der Waals surface area contributed by atoms with Crippen molar-refractivity contribution in [1.82, 2.24) is 24.6 Å². The van der Waals surface area contributed by atoms with Crippen molar-refractivity contribution in [1.29, 1.82) is 0 Å².